The number of aromatic nitrogens is 2. The van der Waals surface area contributed by atoms with Gasteiger partial charge >= 0.3 is 0 Å². The van der Waals surface area contributed by atoms with E-state index >= 15 is 0 Å². The van der Waals surface area contributed by atoms with Crippen LogP contribution >= 0.6 is 0 Å². The lowest BCUT2D eigenvalue weighted by Crippen LogP contribution is -2.19. The maximum Gasteiger partial charge on any atom is 0.239 e. The zero-order valence-electron chi connectivity index (χ0n) is 13.6. The second kappa shape index (κ2) is 6.05. The van der Waals surface area contributed by atoms with Crippen molar-refractivity contribution in [3.63, 3.8) is 0 Å². The molecule has 1 fully saturated rings. The number of nitrogens with one attached hydrogen (secondary N) is 1. The van der Waals surface area contributed by atoms with Crippen LogP contribution in [-0.4, -0.2) is 21.6 Å². The lowest BCUT2D eigenvalue weighted by molar-refractivity contribution is -0.119. The highest BCUT2D eigenvalue weighted by Gasteiger charge is 2.44. The number of fused-ring (bicyclic) bond motifs is 1. The molecule has 0 radical (unpaired) electrons. The van der Waals surface area contributed by atoms with Gasteiger partial charge in [-0.3, -0.25) is 14.3 Å². The van der Waals surface area contributed by atoms with E-state index in [9.17, 15) is 9.59 Å². The summed E-state index contributed by atoms with van der Waals surface area (Å²) in [6, 6.07) is 14.5. The highest BCUT2D eigenvalue weighted by molar-refractivity contribution is 5.96. The normalized spacial score (nSPS) is 18.9. The second-order valence-corrected chi connectivity index (χ2v) is 6.40. The minimum absolute atomic E-state index is 0.00205. The number of nitrogens with zero attached hydrogens (tertiary/aromatic N) is 2. The van der Waals surface area contributed by atoms with Crippen molar-refractivity contribution in [2.24, 2.45) is 11.7 Å². The van der Waals surface area contributed by atoms with Gasteiger partial charge in [-0.25, -0.2) is 0 Å². The quantitative estimate of drug-likeness (QED) is 0.750. The molecular weight excluding hydrogens is 316 g/mol. The van der Waals surface area contributed by atoms with Crippen molar-refractivity contribution in [3.8, 4) is 0 Å². The predicted octanol–water partition coefficient (Wildman–Crippen LogP) is 2.26. The smallest absolute Gasteiger partial charge is 0.239 e. The topological polar surface area (TPSA) is 90.0 Å². The summed E-state index contributed by atoms with van der Waals surface area (Å²) in [4.78, 5) is 23.4. The van der Waals surface area contributed by atoms with Gasteiger partial charge in [0.25, 0.3) is 0 Å². The molecular formula is C19H18N4O2. The summed E-state index contributed by atoms with van der Waals surface area (Å²) in [5.74, 6) is -0.284. The van der Waals surface area contributed by atoms with Crippen molar-refractivity contribution in [1.82, 2.24) is 9.78 Å². The highest BCUT2D eigenvalue weighted by Crippen LogP contribution is 2.49. The molecule has 3 N–H and O–H groups in total. The SMILES string of the molecule is NC(=O)Cn1cc(NC(=O)[C@@H]2C[C@@H]2c2cccc3ccccc23)cn1. The monoisotopic (exact) mass is 334 g/mol. The zero-order valence-corrected chi connectivity index (χ0v) is 13.6. The van der Waals surface area contributed by atoms with Crippen LogP contribution in [0.3, 0.4) is 0 Å². The van der Waals surface area contributed by atoms with Gasteiger partial charge in [0.15, 0.2) is 0 Å². The summed E-state index contributed by atoms with van der Waals surface area (Å²) in [5, 5.41) is 9.28. The van der Waals surface area contributed by atoms with E-state index in [0.717, 1.165) is 6.42 Å². The van der Waals surface area contributed by atoms with Crippen molar-refractivity contribution in [1.29, 1.82) is 0 Å². The Labute approximate surface area is 144 Å². The number of benzene rings is 2. The molecule has 1 aliphatic carbocycles. The predicted molar refractivity (Wildman–Crippen MR) is 94.8 cm³/mol. The largest absolute Gasteiger partial charge is 0.368 e. The van der Waals surface area contributed by atoms with Gasteiger partial charge in [-0.05, 0) is 28.7 Å². The average Bonchev–Trinajstić information content (AvgIpc) is 3.29. The molecule has 3 aromatic rings. The first-order valence-electron chi connectivity index (χ1n) is 8.21. The molecule has 0 unspecified atom stereocenters. The van der Waals surface area contributed by atoms with Crippen molar-refractivity contribution in [2.75, 3.05) is 5.32 Å². The van der Waals surface area contributed by atoms with Gasteiger partial charge in [0.1, 0.15) is 6.54 Å². The number of carbonyl (C=O) groups is 2. The van der Waals surface area contributed by atoms with E-state index in [4.69, 9.17) is 5.73 Å². The molecule has 2 atom stereocenters. The van der Waals surface area contributed by atoms with E-state index in [2.05, 4.69) is 34.7 Å². The molecule has 6 heteroatoms. The van der Waals surface area contributed by atoms with Gasteiger partial charge in [-0.1, -0.05) is 42.5 Å². The van der Waals surface area contributed by atoms with Gasteiger partial charge in [0.05, 0.1) is 11.9 Å². The zero-order chi connectivity index (χ0) is 17.4. The molecule has 25 heavy (non-hydrogen) atoms. The van der Waals surface area contributed by atoms with Gasteiger partial charge in [-0.15, -0.1) is 0 Å². The number of rotatable bonds is 5. The third-order valence-corrected chi connectivity index (χ3v) is 4.57. The molecule has 1 aromatic heterocycles. The lowest BCUT2D eigenvalue weighted by Gasteiger charge is -2.06. The number of nitrogens with two attached hydrogens (primary N) is 1. The maximum atomic E-state index is 12.5. The summed E-state index contributed by atoms with van der Waals surface area (Å²) in [5.41, 5.74) is 6.94. The summed E-state index contributed by atoms with van der Waals surface area (Å²) in [6.45, 7) is -0.00205. The summed E-state index contributed by atoms with van der Waals surface area (Å²) < 4.78 is 1.41. The third-order valence-electron chi connectivity index (χ3n) is 4.57. The minimum Gasteiger partial charge on any atom is -0.368 e. The molecule has 0 aliphatic heterocycles. The molecule has 2 aromatic carbocycles. The maximum absolute atomic E-state index is 12.5. The molecule has 1 heterocycles. The van der Waals surface area contributed by atoms with Gasteiger partial charge in [-0.2, -0.15) is 5.10 Å². The van der Waals surface area contributed by atoms with E-state index in [0.29, 0.717) is 5.69 Å². The Kier molecular flexibility index (Phi) is 3.72. The van der Waals surface area contributed by atoms with Crippen molar-refractivity contribution in [2.45, 2.75) is 18.9 Å². The molecule has 2 amide bonds. The molecule has 0 spiro atoms. The molecule has 1 saturated carbocycles. The highest BCUT2D eigenvalue weighted by atomic mass is 16.2. The molecule has 4 rings (SSSR count). The fourth-order valence-corrected chi connectivity index (χ4v) is 3.31. The fourth-order valence-electron chi connectivity index (χ4n) is 3.31. The number of hydrogen-bond donors (Lipinski definition) is 2. The van der Waals surface area contributed by atoms with E-state index in [-0.39, 0.29) is 24.3 Å². The Bertz CT molecular complexity index is 957. The first-order valence-corrected chi connectivity index (χ1v) is 8.21. The van der Waals surface area contributed by atoms with Crippen LogP contribution in [0.15, 0.2) is 54.9 Å². The number of hydrogen-bond acceptors (Lipinski definition) is 3. The van der Waals surface area contributed by atoms with E-state index in [1.54, 1.807) is 6.20 Å². The van der Waals surface area contributed by atoms with Gasteiger partial charge in [0, 0.05) is 12.1 Å². The van der Waals surface area contributed by atoms with Crippen molar-refractivity contribution >= 4 is 28.3 Å². The molecule has 0 bridgehead atoms. The number of anilines is 1. The Morgan fingerprint density at radius 1 is 1.20 bits per heavy atom. The van der Waals surface area contributed by atoms with Gasteiger partial charge in [0.2, 0.25) is 11.8 Å². The first kappa shape index (κ1) is 15.4. The number of carbonyl (C=O) groups excluding carboxylic acids is 2. The molecule has 0 saturated heterocycles. The summed E-state index contributed by atoms with van der Waals surface area (Å²) in [6.07, 6.45) is 3.98. The summed E-state index contributed by atoms with van der Waals surface area (Å²) in [7, 11) is 0. The molecule has 126 valence electrons. The van der Waals surface area contributed by atoms with Crippen LogP contribution in [0.5, 0.6) is 0 Å². The standard InChI is InChI=1S/C19H18N4O2/c20-18(24)11-23-10-13(9-21-23)22-19(25)17-8-16(17)15-7-3-5-12-4-1-2-6-14(12)15/h1-7,9-10,16-17H,8,11H2,(H2,20,24)(H,22,25)/t16-,17-/m1/s1. The fraction of sp³-hybridized carbons (Fsp3) is 0.211. The van der Waals surface area contributed by atoms with Crippen LogP contribution in [-0.2, 0) is 16.1 Å². The molecule has 1 aliphatic rings. The van der Waals surface area contributed by atoms with Crippen LogP contribution < -0.4 is 11.1 Å². The van der Waals surface area contributed by atoms with Crippen LogP contribution in [0, 0.1) is 5.92 Å². The number of primary amides is 1. The van der Waals surface area contributed by atoms with Crippen LogP contribution in [0.2, 0.25) is 0 Å². The van der Waals surface area contributed by atoms with Crippen LogP contribution in [0.4, 0.5) is 5.69 Å². The second-order valence-electron chi connectivity index (χ2n) is 6.40. The first-order chi connectivity index (χ1) is 12.1. The lowest BCUT2D eigenvalue weighted by atomic mass is 10.00. The minimum atomic E-state index is -0.473. The van der Waals surface area contributed by atoms with Crippen LogP contribution in [0.25, 0.3) is 10.8 Å². The summed E-state index contributed by atoms with van der Waals surface area (Å²) >= 11 is 0. The van der Waals surface area contributed by atoms with E-state index < -0.39 is 5.91 Å². The average molecular weight is 334 g/mol. The van der Waals surface area contributed by atoms with Gasteiger partial charge < -0.3 is 11.1 Å². The molecule has 6 nitrogen and oxygen atoms in total. The van der Waals surface area contributed by atoms with Crippen molar-refractivity contribution in [3.05, 3.63) is 60.4 Å². The van der Waals surface area contributed by atoms with E-state index in [1.165, 1.54) is 27.2 Å². The van der Waals surface area contributed by atoms with E-state index in [1.807, 2.05) is 18.2 Å². The Morgan fingerprint density at radius 3 is 2.84 bits per heavy atom. The van der Waals surface area contributed by atoms with Crippen LogP contribution in [0.1, 0.15) is 17.9 Å². The Balaban J connectivity index is 1.46. The Morgan fingerprint density at radius 2 is 2.00 bits per heavy atom. The number of amides is 2. The van der Waals surface area contributed by atoms with Crippen molar-refractivity contribution < 1.29 is 9.59 Å². The third kappa shape index (κ3) is 3.10. The Hall–Kier alpha value is -3.15.